The van der Waals surface area contributed by atoms with Crippen LogP contribution in [0.2, 0.25) is 0 Å². The molecule has 4 heteroatoms. The minimum absolute atomic E-state index is 0.0704. The van der Waals surface area contributed by atoms with Crippen LogP contribution in [0.5, 0.6) is 5.75 Å². The van der Waals surface area contributed by atoms with Crippen LogP contribution in [-0.4, -0.2) is 35.5 Å². The lowest BCUT2D eigenvalue weighted by atomic mass is 10.1. The van der Waals surface area contributed by atoms with Crippen LogP contribution in [0.3, 0.4) is 0 Å². The number of nitrogens with zero attached hydrogens (tertiary/aromatic N) is 1. The number of carbonyl (C=O) groups is 1. The fraction of sp³-hybridized carbons (Fsp3) is 0.500. The molecule has 1 aromatic carbocycles. The highest BCUT2D eigenvalue weighted by Crippen LogP contribution is 2.22. The molecular weight excluding hydrogens is 228 g/mol. The fourth-order valence-electron chi connectivity index (χ4n) is 1.82. The third kappa shape index (κ3) is 3.47. The van der Waals surface area contributed by atoms with E-state index in [1.807, 2.05) is 0 Å². The predicted octanol–water partition coefficient (Wildman–Crippen LogP) is 1.90. The quantitative estimate of drug-likeness (QED) is 0.810. The van der Waals surface area contributed by atoms with E-state index in [-0.39, 0.29) is 11.7 Å². The maximum absolute atomic E-state index is 12.3. The van der Waals surface area contributed by atoms with Crippen molar-refractivity contribution in [1.82, 2.24) is 4.90 Å². The molecular formula is C14H22N2O2. The summed E-state index contributed by atoms with van der Waals surface area (Å²) in [6.07, 6.45) is 1.96. The molecule has 0 saturated heterocycles. The lowest BCUT2D eigenvalue weighted by molar-refractivity contribution is 0.0755. The lowest BCUT2D eigenvalue weighted by Gasteiger charge is -2.22. The zero-order valence-corrected chi connectivity index (χ0v) is 11.1. The number of hydrogen-bond donors (Lipinski definition) is 2. The molecule has 0 spiro atoms. The number of nitrogens with two attached hydrogens (primary N) is 1. The highest BCUT2D eigenvalue weighted by Gasteiger charge is 2.18. The molecule has 0 aromatic heterocycles. The second kappa shape index (κ2) is 7.01. The van der Waals surface area contributed by atoms with E-state index < -0.39 is 0 Å². The van der Waals surface area contributed by atoms with Gasteiger partial charge in [-0.15, -0.1) is 0 Å². The number of rotatable bonds is 6. The van der Waals surface area contributed by atoms with Crippen molar-refractivity contribution >= 4 is 5.91 Å². The van der Waals surface area contributed by atoms with Crippen LogP contribution in [0.25, 0.3) is 0 Å². The molecule has 1 aromatic rings. The third-order valence-corrected chi connectivity index (χ3v) is 2.94. The molecule has 100 valence electrons. The van der Waals surface area contributed by atoms with Crippen molar-refractivity contribution in [2.45, 2.75) is 26.7 Å². The van der Waals surface area contributed by atoms with E-state index in [2.05, 4.69) is 6.92 Å². The summed E-state index contributed by atoms with van der Waals surface area (Å²) in [4.78, 5) is 14.0. The van der Waals surface area contributed by atoms with Gasteiger partial charge < -0.3 is 15.7 Å². The monoisotopic (exact) mass is 250 g/mol. The molecule has 3 N–H and O–H groups in total. The molecule has 18 heavy (non-hydrogen) atoms. The number of phenols is 1. The molecule has 0 bridgehead atoms. The summed E-state index contributed by atoms with van der Waals surface area (Å²) >= 11 is 0. The first-order valence-corrected chi connectivity index (χ1v) is 6.39. The Kier molecular flexibility index (Phi) is 5.65. The standard InChI is InChI=1S/C14H22N2O2/c1-3-4-9-16(10-8-15)14(18)12-7-5-6-11(2)13(12)17/h5-7,17H,3-4,8-10,15H2,1-2H3. The number of para-hydroxylation sites is 1. The van der Waals surface area contributed by atoms with Gasteiger partial charge in [-0.1, -0.05) is 25.5 Å². The minimum atomic E-state index is -0.143. The second-order valence-corrected chi connectivity index (χ2v) is 4.41. The van der Waals surface area contributed by atoms with Gasteiger partial charge in [0.1, 0.15) is 5.75 Å². The van der Waals surface area contributed by atoms with Crippen molar-refractivity contribution in [3.05, 3.63) is 29.3 Å². The Labute approximate surface area is 108 Å². The largest absolute Gasteiger partial charge is 0.507 e. The highest BCUT2D eigenvalue weighted by atomic mass is 16.3. The minimum Gasteiger partial charge on any atom is -0.507 e. The summed E-state index contributed by atoms with van der Waals surface area (Å²) in [6.45, 7) is 5.49. The van der Waals surface area contributed by atoms with Gasteiger partial charge in [0.2, 0.25) is 0 Å². The number of aromatic hydroxyl groups is 1. The van der Waals surface area contributed by atoms with Gasteiger partial charge in [0.25, 0.3) is 5.91 Å². The molecule has 1 amide bonds. The fourth-order valence-corrected chi connectivity index (χ4v) is 1.82. The first kappa shape index (κ1) is 14.5. The van der Waals surface area contributed by atoms with E-state index in [1.54, 1.807) is 30.0 Å². The van der Waals surface area contributed by atoms with Crippen LogP contribution in [-0.2, 0) is 0 Å². The summed E-state index contributed by atoms with van der Waals surface area (Å²) in [5.74, 6) is -0.0730. The van der Waals surface area contributed by atoms with Crippen LogP contribution in [0, 0.1) is 6.92 Å². The molecule has 0 unspecified atom stereocenters. The van der Waals surface area contributed by atoms with Gasteiger partial charge in [-0.25, -0.2) is 0 Å². The van der Waals surface area contributed by atoms with E-state index in [4.69, 9.17) is 5.73 Å². The molecule has 4 nitrogen and oxygen atoms in total. The van der Waals surface area contributed by atoms with Crippen LogP contribution in [0.15, 0.2) is 18.2 Å². The first-order valence-electron chi connectivity index (χ1n) is 6.39. The van der Waals surface area contributed by atoms with E-state index >= 15 is 0 Å². The Morgan fingerprint density at radius 3 is 2.72 bits per heavy atom. The number of benzene rings is 1. The molecule has 0 fully saturated rings. The zero-order chi connectivity index (χ0) is 13.5. The molecule has 0 aliphatic rings. The van der Waals surface area contributed by atoms with Gasteiger partial charge in [-0.3, -0.25) is 4.79 Å². The number of hydrogen-bond acceptors (Lipinski definition) is 3. The molecule has 1 rings (SSSR count). The molecule has 0 radical (unpaired) electrons. The van der Waals surface area contributed by atoms with Crippen molar-refractivity contribution in [2.24, 2.45) is 5.73 Å². The van der Waals surface area contributed by atoms with Gasteiger partial charge in [0.05, 0.1) is 5.56 Å². The molecule has 0 aliphatic carbocycles. The van der Waals surface area contributed by atoms with Crippen LogP contribution < -0.4 is 5.73 Å². The van der Waals surface area contributed by atoms with Crippen molar-refractivity contribution in [3.8, 4) is 5.75 Å². The third-order valence-electron chi connectivity index (χ3n) is 2.94. The Hall–Kier alpha value is -1.55. The Morgan fingerprint density at radius 2 is 2.11 bits per heavy atom. The zero-order valence-electron chi connectivity index (χ0n) is 11.1. The van der Waals surface area contributed by atoms with E-state index in [0.29, 0.717) is 30.8 Å². The number of carbonyl (C=O) groups excluding carboxylic acids is 1. The number of aryl methyl sites for hydroxylation is 1. The molecule has 0 saturated carbocycles. The van der Waals surface area contributed by atoms with Crippen LogP contribution >= 0.6 is 0 Å². The van der Waals surface area contributed by atoms with Crippen LogP contribution in [0.1, 0.15) is 35.7 Å². The van der Waals surface area contributed by atoms with Crippen molar-refractivity contribution in [2.75, 3.05) is 19.6 Å². The van der Waals surface area contributed by atoms with Gasteiger partial charge >= 0.3 is 0 Å². The number of amides is 1. The normalized spacial score (nSPS) is 10.4. The van der Waals surface area contributed by atoms with Gasteiger partial charge in [-0.05, 0) is 25.0 Å². The average molecular weight is 250 g/mol. The number of unbranched alkanes of at least 4 members (excludes halogenated alkanes) is 1. The summed E-state index contributed by atoms with van der Waals surface area (Å²) in [6, 6.07) is 5.22. The summed E-state index contributed by atoms with van der Waals surface area (Å²) in [5.41, 5.74) is 6.60. The molecule has 0 atom stereocenters. The highest BCUT2D eigenvalue weighted by molar-refractivity contribution is 5.97. The van der Waals surface area contributed by atoms with Gasteiger partial charge in [0.15, 0.2) is 0 Å². The van der Waals surface area contributed by atoms with Crippen molar-refractivity contribution in [1.29, 1.82) is 0 Å². The Balaban J connectivity index is 2.90. The maximum atomic E-state index is 12.3. The summed E-state index contributed by atoms with van der Waals surface area (Å²) in [5, 5.41) is 9.93. The summed E-state index contributed by atoms with van der Waals surface area (Å²) < 4.78 is 0. The molecule has 0 aliphatic heterocycles. The second-order valence-electron chi connectivity index (χ2n) is 4.41. The Morgan fingerprint density at radius 1 is 1.39 bits per heavy atom. The SMILES string of the molecule is CCCCN(CCN)C(=O)c1cccc(C)c1O. The lowest BCUT2D eigenvalue weighted by Crippen LogP contribution is -2.36. The van der Waals surface area contributed by atoms with E-state index in [9.17, 15) is 9.90 Å². The van der Waals surface area contributed by atoms with E-state index in [1.165, 1.54) is 0 Å². The maximum Gasteiger partial charge on any atom is 0.257 e. The molecule has 0 heterocycles. The number of phenolic OH excluding ortho intramolecular Hbond substituents is 1. The van der Waals surface area contributed by atoms with Crippen molar-refractivity contribution in [3.63, 3.8) is 0 Å². The summed E-state index contributed by atoms with van der Waals surface area (Å²) in [7, 11) is 0. The van der Waals surface area contributed by atoms with Gasteiger partial charge in [0, 0.05) is 19.6 Å². The predicted molar refractivity (Wildman–Crippen MR) is 72.7 cm³/mol. The van der Waals surface area contributed by atoms with Crippen molar-refractivity contribution < 1.29 is 9.90 Å². The Bertz CT molecular complexity index is 405. The smallest absolute Gasteiger partial charge is 0.257 e. The van der Waals surface area contributed by atoms with Crippen LogP contribution in [0.4, 0.5) is 0 Å². The van der Waals surface area contributed by atoms with E-state index in [0.717, 1.165) is 12.8 Å². The van der Waals surface area contributed by atoms with Gasteiger partial charge in [-0.2, -0.15) is 0 Å². The first-order chi connectivity index (χ1) is 8.61. The average Bonchev–Trinajstić information content (AvgIpc) is 2.37. The topological polar surface area (TPSA) is 66.6 Å².